The SMILES string of the molecule is Cc1ccc(S(=O)(=O)N2CCCC2c2ccc(N3CCCC3)nc2C)cc1. The summed E-state index contributed by atoms with van der Waals surface area (Å²) < 4.78 is 28.1. The first kappa shape index (κ1) is 18.4. The summed E-state index contributed by atoms with van der Waals surface area (Å²) in [6, 6.07) is 11.2. The molecular weight excluding hydrogens is 358 g/mol. The molecule has 27 heavy (non-hydrogen) atoms. The van der Waals surface area contributed by atoms with Gasteiger partial charge >= 0.3 is 0 Å². The van der Waals surface area contributed by atoms with E-state index in [1.54, 1.807) is 16.4 Å². The Labute approximate surface area is 162 Å². The van der Waals surface area contributed by atoms with Crippen LogP contribution in [0.4, 0.5) is 5.82 Å². The van der Waals surface area contributed by atoms with E-state index in [-0.39, 0.29) is 6.04 Å². The monoisotopic (exact) mass is 385 g/mol. The summed E-state index contributed by atoms with van der Waals surface area (Å²) >= 11 is 0. The van der Waals surface area contributed by atoms with E-state index in [2.05, 4.69) is 17.0 Å². The molecule has 144 valence electrons. The normalized spacial score (nSPS) is 21.1. The van der Waals surface area contributed by atoms with Crippen LogP contribution in [-0.2, 0) is 10.0 Å². The average molecular weight is 386 g/mol. The largest absolute Gasteiger partial charge is 0.357 e. The van der Waals surface area contributed by atoms with Crippen molar-refractivity contribution in [2.75, 3.05) is 24.5 Å². The Balaban J connectivity index is 1.64. The molecule has 1 aromatic carbocycles. The van der Waals surface area contributed by atoms with Gasteiger partial charge in [0.2, 0.25) is 10.0 Å². The lowest BCUT2D eigenvalue weighted by Gasteiger charge is -2.26. The summed E-state index contributed by atoms with van der Waals surface area (Å²) in [5.74, 6) is 1.01. The molecule has 0 saturated carbocycles. The molecule has 2 aromatic rings. The van der Waals surface area contributed by atoms with Crippen molar-refractivity contribution in [3.8, 4) is 0 Å². The van der Waals surface area contributed by atoms with E-state index < -0.39 is 10.0 Å². The van der Waals surface area contributed by atoms with Gasteiger partial charge in [-0.2, -0.15) is 4.31 Å². The molecule has 0 N–H and O–H groups in total. The van der Waals surface area contributed by atoms with Gasteiger partial charge < -0.3 is 4.90 Å². The molecule has 0 aliphatic carbocycles. The van der Waals surface area contributed by atoms with Crippen molar-refractivity contribution in [1.29, 1.82) is 0 Å². The smallest absolute Gasteiger partial charge is 0.243 e. The van der Waals surface area contributed by atoms with E-state index in [0.29, 0.717) is 11.4 Å². The summed E-state index contributed by atoms with van der Waals surface area (Å²) in [6.45, 7) is 6.65. The molecule has 1 unspecified atom stereocenters. The number of rotatable bonds is 4. The molecule has 5 nitrogen and oxygen atoms in total. The van der Waals surface area contributed by atoms with Gasteiger partial charge in [-0.05, 0) is 63.3 Å². The van der Waals surface area contributed by atoms with Crippen molar-refractivity contribution in [2.24, 2.45) is 0 Å². The highest BCUT2D eigenvalue weighted by atomic mass is 32.2. The van der Waals surface area contributed by atoms with E-state index in [4.69, 9.17) is 4.98 Å². The molecule has 1 atom stereocenters. The number of nitrogens with zero attached hydrogens (tertiary/aromatic N) is 3. The highest BCUT2D eigenvalue weighted by Gasteiger charge is 2.37. The summed E-state index contributed by atoms with van der Waals surface area (Å²) in [6.07, 6.45) is 4.15. The number of benzene rings is 1. The van der Waals surface area contributed by atoms with E-state index >= 15 is 0 Å². The second-order valence-corrected chi connectivity index (χ2v) is 9.52. The number of hydrogen-bond donors (Lipinski definition) is 0. The summed E-state index contributed by atoms with van der Waals surface area (Å²) in [4.78, 5) is 7.49. The van der Waals surface area contributed by atoms with Gasteiger partial charge in [0.05, 0.1) is 10.9 Å². The molecular formula is C21H27N3O2S. The van der Waals surface area contributed by atoms with Gasteiger partial charge in [0.1, 0.15) is 5.82 Å². The fourth-order valence-corrected chi connectivity index (χ4v) is 5.89. The number of aryl methyl sites for hydroxylation is 2. The molecule has 2 aliphatic rings. The Hall–Kier alpha value is -1.92. The highest BCUT2D eigenvalue weighted by Crippen LogP contribution is 2.38. The first-order chi connectivity index (χ1) is 13.0. The summed E-state index contributed by atoms with van der Waals surface area (Å²) in [5.41, 5.74) is 3.03. The van der Waals surface area contributed by atoms with Gasteiger partial charge in [-0.3, -0.25) is 0 Å². The Morgan fingerprint density at radius 3 is 2.30 bits per heavy atom. The van der Waals surface area contributed by atoms with Crippen molar-refractivity contribution in [3.63, 3.8) is 0 Å². The Kier molecular flexibility index (Phi) is 4.95. The maximum atomic E-state index is 13.2. The van der Waals surface area contributed by atoms with E-state index in [1.165, 1.54) is 12.8 Å². The van der Waals surface area contributed by atoms with Crippen molar-refractivity contribution in [1.82, 2.24) is 9.29 Å². The minimum atomic E-state index is -3.50. The van der Waals surface area contributed by atoms with Crippen molar-refractivity contribution in [2.45, 2.75) is 50.5 Å². The first-order valence-electron chi connectivity index (χ1n) is 9.78. The zero-order valence-electron chi connectivity index (χ0n) is 16.1. The lowest BCUT2D eigenvalue weighted by atomic mass is 10.0. The summed E-state index contributed by atoms with van der Waals surface area (Å²) in [7, 11) is -3.50. The third-order valence-electron chi connectivity index (χ3n) is 5.73. The molecule has 2 saturated heterocycles. The molecule has 6 heteroatoms. The van der Waals surface area contributed by atoms with Crippen LogP contribution in [0.25, 0.3) is 0 Å². The molecule has 2 aliphatic heterocycles. The minimum Gasteiger partial charge on any atom is -0.357 e. The van der Waals surface area contributed by atoms with Crippen LogP contribution in [0.15, 0.2) is 41.3 Å². The number of pyridine rings is 1. The van der Waals surface area contributed by atoms with Crippen LogP contribution < -0.4 is 4.90 Å². The number of sulfonamides is 1. The standard InChI is InChI=1S/C21H27N3O2S/c1-16-7-9-18(10-8-16)27(25,26)24-15-5-6-20(24)19-11-12-21(22-17(19)2)23-13-3-4-14-23/h7-12,20H,3-6,13-15H2,1-2H3. The van der Waals surface area contributed by atoms with Gasteiger partial charge in [0.25, 0.3) is 0 Å². The Morgan fingerprint density at radius 1 is 0.926 bits per heavy atom. The second-order valence-electron chi connectivity index (χ2n) is 7.63. The quantitative estimate of drug-likeness (QED) is 0.803. The van der Waals surface area contributed by atoms with E-state index in [1.807, 2.05) is 26.0 Å². The molecule has 4 rings (SSSR count). The number of hydrogen-bond acceptors (Lipinski definition) is 4. The molecule has 1 aromatic heterocycles. The third kappa shape index (κ3) is 3.48. The molecule has 0 bridgehead atoms. The zero-order chi connectivity index (χ0) is 19.0. The highest BCUT2D eigenvalue weighted by molar-refractivity contribution is 7.89. The van der Waals surface area contributed by atoms with Crippen LogP contribution >= 0.6 is 0 Å². The molecule has 3 heterocycles. The lowest BCUT2D eigenvalue weighted by Crippen LogP contribution is -2.31. The second kappa shape index (κ2) is 7.24. The van der Waals surface area contributed by atoms with Crippen molar-refractivity contribution >= 4 is 15.8 Å². The fourth-order valence-electron chi connectivity index (χ4n) is 4.22. The third-order valence-corrected chi connectivity index (χ3v) is 7.65. The molecule has 0 spiro atoms. The van der Waals surface area contributed by atoms with Gasteiger partial charge in [0, 0.05) is 25.3 Å². The molecule has 0 radical (unpaired) electrons. The lowest BCUT2D eigenvalue weighted by molar-refractivity contribution is 0.395. The van der Waals surface area contributed by atoms with Gasteiger partial charge in [-0.15, -0.1) is 0 Å². The topological polar surface area (TPSA) is 53.5 Å². The van der Waals surface area contributed by atoms with Crippen LogP contribution in [0.2, 0.25) is 0 Å². The summed E-state index contributed by atoms with van der Waals surface area (Å²) in [5, 5.41) is 0. The van der Waals surface area contributed by atoms with Crippen molar-refractivity contribution in [3.05, 3.63) is 53.2 Å². The zero-order valence-corrected chi connectivity index (χ0v) is 16.9. The van der Waals surface area contributed by atoms with Crippen LogP contribution in [0, 0.1) is 13.8 Å². The number of aromatic nitrogens is 1. The maximum absolute atomic E-state index is 13.2. The minimum absolute atomic E-state index is 0.128. The van der Waals surface area contributed by atoms with Gasteiger partial charge in [-0.25, -0.2) is 13.4 Å². The number of anilines is 1. The first-order valence-corrected chi connectivity index (χ1v) is 11.2. The Bertz CT molecular complexity index is 919. The van der Waals surface area contributed by atoms with Crippen LogP contribution in [-0.4, -0.2) is 37.3 Å². The van der Waals surface area contributed by atoms with Crippen molar-refractivity contribution < 1.29 is 8.42 Å². The van der Waals surface area contributed by atoms with E-state index in [9.17, 15) is 8.42 Å². The van der Waals surface area contributed by atoms with Crippen LogP contribution in [0.5, 0.6) is 0 Å². The van der Waals surface area contributed by atoms with Gasteiger partial charge in [-0.1, -0.05) is 23.8 Å². The predicted molar refractivity (Wildman–Crippen MR) is 107 cm³/mol. The van der Waals surface area contributed by atoms with E-state index in [0.717, 1.165) is 48.6 Å². The average Bonchev–Trinajstić information content (AvgIpc) is 3.34. The predicted octanol–water partition coefficient (Wildman–Crippen LogP) is 3.82. The van der Waals surface area contributed by atoms with Crippen LogP contribution in [0.3, 0.4) is 0 Å². The maximum Gasteiger partial charge on any atom is 0.243 e. The fraction of sp³-hybridized carbons (Fsp3) is 0.476. The van der Waals surface area contributed by atoms with Crippen LogP contribution in [0.1, 0.15) is 48.5 Å². The Morgan fingerprint density at radius 2 is 1.63 bits per heavy atom. The molecule has 2 fully saturated rings. The molecule has 0 amide bonds. The van der Waals surface area contributed by atoms with Gasteiger partial charge in [0.15, 0.2) is 0 Å².